The van der Waals surface area contributed by atoms with E-state index in [2.05, 4.69) is 24.5 Å². The lowest BCUT2D eigenvalue weighted by molar-refractivity contribution is -0.118. The minimum Gasteiger partial charge on any atom is -0.482 e. The van der Waals surface area contributed by atoms with Gasteiger partial charge in [-0.25, -0.2) is 0 Å². The first kappa shape index (κ1) is 18.5. The Bertz CT molecular complexity index is 743. The average Bonchev–Trinajstić information content (AvgIpc) is 2.60. The van der Waals surface area contributed by atoms with Gasteiger partial charge in [-0.2, -0.15) is 0 Å². The number of carbonyl (C=O) groups excluding carboxylic acids is 2. The van der Waals surface area contributed by atoms with Crippen molar-refractivity contribution in [2.75, 3.05) is 17.2 Å². The molecule has 1 atom stereocenters. The normalized spacial score (nSPS) is 11.5. The standard InChI is InChI=1S/C20H24N2O3/c1-4-14(2)16-9-5-6-10-17(16)22-20(24)13-25-19-12-8-7-11-18(19)21-15(3)23/h5-12,14H,4,13H2,1-3H3,(H,21,23)(H,22,24)/t14-/m1/s1. The fourth-order valence-electron chi connectivity index (χ4n) is 2.48. The predicted molar refractivity (Wildman–Crippen MR) is 100 cm³/mol. The van der Waals surface area contributed by atoms with Crippen molar-refractivity contribution in [1.82, 2.24) is 0 Å². The number of hydrogen-bond donors (Lipinski definition) is 2. The third-order valence-corrected chi connectivity index (χ3v) is 3.93. The number of nitrogens with one attached hydrogen (secondary N) is 2. The Kier molecular flexibility index (Phi) is 6.57. The van der Waals surface area contributed by atoms with Crippen LogP contribution in [0.3, 0.4) is 0 Å². The van der Waals surface area contributed by atoms with Gasteiger partial charge >= 0.3 is 0 Å². The van der Waals surface area contributed by atoms with Crippen molar-refractivity contribution in [3.05, 3.63) is 54.1 Å². The second kappa shape index (κ2) is 8.87. The summed E-state index contributed by atoms with van der Waals surface area (Å²) in [5.41, 5.74) is 2.46. The highest BCUT2D eigenvalue weighted by atomic mass is 16.5. The Hall–Kier alpha value is -2.82. The third-order valence-electron chi connectivity index (χ3n) is 3.93. The second-order valence-electron chi connectivity index (χ2n) is 5.91. The van der Waals surface area contributed by atoms with E-state index >= 15 is 0 Å². The first-order chi connectivity index (χ1) is 12.0. The maximum absolute atomic E-state index is 12.3. The van der Waals surface area contributed by atoms with Crippen LogP contribution in [0.25, 0.3) is 0 Å². The molecule has 0 aliphatic heterocycles. The molecule has 2 rings (SSSR count). The van der Waals surface area contributed by atoms with Crippen molar-refractivity contribution < 1.29 is 14.3 Å². The number of anilines is 2. The molecule has 0 fully saturated rings. The zero-order valence-electron chi connectivity index (χ0n) is 14.8. The molecule has 0 aliphatic carbocycles. The smallest absolute Gasteiger partial charge is 0.262 e. The molecule has 2 amide bonds. The fraction of sp³-hybridized carbons (Fsp3) is 0.300. The molecule has 2 N–H and O–H groups in total. The van der Waals surface area contributed by atoms with Gasteiger partial charge in [-0.05, 0) is 36.1 Å². The van der Waals surface area contributed by atoms with Crippen molar-refractivity contribution in [3.8, 4) is 5.75 Å². The van der Waals surface area contributed by atoms with E-state index in [-0.39, 0.29) is 18.4 Å². The number of ether oxygens (including phenoxy) is 1. The van der Waals surface area contributed by atoms with Gasteiger partial charge in [0.25, 0.3) is 5.91 Å². The van der Waals surface area contributed by atoms with Gasteiger partial charge in [-0.3, -0.25) is 9.59 Å². The minimum atomic E-state index is -0.242. The SMILES string of the molecule is CC[C@@H](C)c1ccccc1NC(=O)COc1ccccc1NC(C)=O. The summed E-state index contributed by atoms with van der Waals surface area (Å²) < 4.78 is 5.57. The number of rotatable bonds is 7. The van der Waals surface area contributed by atoms with Crippen molar-refractivity contribution in [3.63, 3.8) is 0 Å². The summed E-state index contributed by atoms with van der Waals surface area (Å²) in [7, 11) is 0. The molecule has 0 aromatic heterocycles. The topological polar surface area (TPSA) is 67.4 Å². The summed E-state index contributed by atoms with van der Waals surface area (Å²) in [4.78, 5) is 23.5. The first-order valence-corrected chi connectivity index (χ1v) is 8.39. The van der Waals surface area contributed by atoms with E-state index in [1.54, 1.807) is 24.3 Å². The minimum absolute atomic E-state index is 0.133. The molecule has 5 nitrogen and oxygen atoms in total. The molecule has 0 aliphatic rings. The molecular weight excluding hydrogens is 316 g/mol. The molecule has 0 heterocycles. The van der Waals surface area contributed by atoms with Crippen LogP contribution in [0.2, 0.25) is 0 Å². The number of carbonyl (C=O) groups is 2. The van der Waals surface area contributed by atoms with Gasteiger partial charge in [0.1, 0.15) is 5.75 Å². The van der Waals surface area contributed by atoms with E-state index in [9.17, 15) is 9.59 Å². The third kappa shape index (κ3) is 5.35. The van der Waals surface area contributed by atoms with E-state index in [0.717, 1.165) is 17.7 Å². The molecule has 25 heavy (non-hydrogen) atoms. The van der Waals surface area contributed by atoms with Gasteiger partial charge in [-0.15, -0.1) is 0 Å². The Morgan fingerprint density at radius 2 is 1.64 bits per heavy atom. The van der Waals surface area contributed by atoms with E-state index in [1.807, 2.05) is 24.3 Å². The first-order valence-electron chi connectivity index (χ1n) is 8.39. The molecule has 0 saturated carbocycles. The molecule has 0 unspecified atom stereocenters. The summed E-state index contributed by atoms with van der Waals surface area (Å²) >= 11 is 0. The van der Waals surface area contributed by atoms with E-state index in [1.165, 1.54) is 6.92 Å². The van der Waals surface area contributed by atoms with Gasteiger partial charge < -0.3 is 15.4 Å². The highest BCUT2D eigenvalue weighted by Crippen LogP contribution is 2.27. The summed E-state index contributed by atoms with van der Waals surface area (Å²) in [5, 5.41) is 5.59. The van der Waals surface area contributed by atoms with Gasteiger partial charge in [0.05, 0.1) is 5.69 Å². The maximum Gasteiger partial charge on any atom is 0.262 e. The largest absolute Gasteiger partial charge is 0.482 e. The van der Waals surface area contributed by atoms with E-state index < -0.39 is 0 Å². The second-order valence-corrected chi connectivity index (χ2v) is 5.91. The zero-order valence-corrected chi connectivity index (χ0v) is 14.8. The van der Waals surface area contributed by atoms with Crippen LogP contribution in [0, 0.1) is 0 Å². The van der Waals surface area contributed by atoms with Crippen LogP contribution in [0.4, 0.5) is 11.4 Å². The fourth-order valence-corrected chi connectivity index (χ4v) is 2.48. The number of benzene rings is 2. The van der Waals surface area contributed by atoms with Crippen molar-refractivity contribution in [1.29, 1.82) is 0 Å². The quantitative estimate of drug-likeness (QED) is 0.795. The molecule has 5 heteroatoms. The highest BCUT2D eigenvalue weighted by Gasteiger charge is 2.12. The maximum atomic E-state index is 12.3. The predicted octanol–water partition coefficient (Wildman–Crippen LogP) is 4.18. The van der Waals surface area contributed by atoms with Crippen LogP contribution in [-0.2, 0) is 9.59 Å². The Balaban J connectivity index is 2.02. The monoisotopic (exact) mass is 340 g/mol. The van der Waals surface area contributed by atoms with Crippen LogP contribution in [0.1, 0.15) is 38.7 Å². The lowest BCUT2D eigenvalue weighted by Crippen LogP contribution is -2.21. The summed E-state index contributed by atoms with van der Waals surface area (Å²) in [6.45, 7) is 5.54. The van der Waals surface area contributed by atoms with Crippen LogP contribution >= 0.6 is 0 Å². The van der Waals surface area contributed by atoms with Crippen molar-refractivity contribution >= 4 is 23.2 Å². The molecule has 2 aromatic carbocycles. The average molecular weight is 340 g/mol. The lowest BCUT2D eigenvalue weighted by Gasteiger charge is -2.16. The number of para-hydroxylation sites is 3. The summed E-state index contributed by atoms with van der Waals surface area (Å²) in [6, 6.07) is 14.8. The molecule has 2 aromatic rings. The summed E-state index contributed by atoms with van der Waals surface area (Å²) in [6.07, 6.45) is 0.994. The van der Waals surface area contributed by atoms with Crippen LogP contribution < -0.4 is 15.4 Å². The van der Waals surface area contributed by atoms with Crippen LogP contribution in [0.5, 0.6) is 5.75 Å². The van der Waals surface area contributed by atoms with Gasteiger partial charge in [0, 0.05) is 12.6 Å². The Morgan fingerprint density at radius 3 is 2.32 bits per heavy atom. The van der Waals surface area contributed by atoms with E-state index in [0.29, 0.717) is 17.4 Å². The molecule has 0 saturated heterocycles. The molecule has 132 valence electrons. The van der Waals surface area contributed by atoms with Crippen molar-refractivity contribution in [2.24, 2.45) is 0 Å². The molecular formula is C20H24N2O3. The number of amides is 2. The van der Waals surface area contributed by atoms with Gasteiger partial charge in [0.15, 0.2) is 6.61 Å². The summed E-state index contributed by atoms with van der Waals surface area (Å²) in [5.74, 6) is 0.386. The van der Waals surface area contributed by atoms with Crippen LogP contribution in [-0.4, -0.2) is 18.4 Å². The highest BCUT2D eigenvalue weighted by molar-refractivity contribution is 5.93. The molecule has 0 radical (unpaired) electrons. The van der Waals surface area contributed by atoms with E-state index in [4.69, 9.17) is 4.74 Å². The van der Waals surface area contributed by atoms with Gasteiger partial charge in [0.2, 0.25) is 5.91 Å². The Morgan fingerprint density at radius 1 is 1.00 bits per heavy atom. The zero-order chi connectivity index (χ0) is 18.2. The molecule has 0 spiro atoms. The van der Waals surface area contributed by atoms with Gasteiger partial charge in [-0.1, -0.05) is 44.2 Å². The van der Waals surface area contributed by atoms with Crippen molar-refractivity contribution in [2.45, 2.75) is 33.1 Å². The Labute approximate surface area is 148 Å². The number of hydrogen-bond acceptors (Lipinski definition) is 3. The van der Waals surface area contributed by atoms with Crippen LogP contribution in [0.15, 0.2) is 48.5 Å². The lowest BCUT2D eigenvalue weighted by atomic mass is 9.97. The molecule has 0 bridgehead atoms.